The van der Waals surface area contributed by atoms with Crippen LogP contribution >= 0.6 is 24.0 Å². The number of guanidine groups is 1. The van der Waals surface area contributed by atoms with E-state index < -0.39 is 0 Å². The number of likely N-dealkylation sites (tertiary alicyclic amines) is 1. The van der Waals surface area contributed by atoms with Gasteiger partial charge in [0.15, 0.2) is 5.96 Å². The molecule has 0 aliphatic carbocycles. The second kappa shape index (κ2) is 12.3. The van der Waals surface area contributed by atoms with Crippen LogP contribution in [0.2, 0.25) is 0 Å². The van der Waals surface area contributed by atoms with Gasteiger partial charge in [-0.05, 0) is 25.7 Å². The molecule has 1 N–H and O–H groups in total. The maximum absolute atomic E-state index is 5.54. The number of nitrogens with zero attached hydrogens (tertiary/aromatic N) is 3. The normalized spacial score (nSPS) is 21.0. The van der Waals surface area contributed by atoms with E-state index in [1.165, 1.54) is 25.7 Å². The van der Waals surface area contributed by atoms with E-state index in [4.69, 9.17) is 9.73 Å². The van der Waals surface area contributed by atoms with Crippen molar-refractivity contribution in [3.05, 3.63) is 0 Å². The third-order valence-corrected chi connectivity index (χ3v) is 5.28. The molecule has 0 aromatic carbocycles. The average Bonchev–Trinajstić information content (AvgIpc) is 3.12. The summed E-state index contributed by atoms with van der Waals surface area (Å²) in [5.41, 5.74) is 0. The Labute approximate surface area is 165 Å². The van der Waals surface area contributed by atoms with E-state index in [-0.39, 0.29) is 24.0 Å². The molecule has 142 valence electrons. The first-order chi connectivity index (χ1) is 11.3. The maximum atomic E-state index is 5.54. The van der Waals surface area contributed by atoms with E-state index in [1.54, 1.807) is 0 Å². The number of nitrogens with one attached hydrogen (secondary N) is 1. The van der Waals surface area contributed by atoms with Gasteiger partial charge in [0.2, 0.25) is 0 Å². The number of aliphatic imine (C=N–C) groups is 1. The molecular weight excluding hydrogens is 415 g/mol. The number of halogens is 1. The van der Waals surface area contributed by atoms with Crippen LogP contribution in [0.5, 0.6) is 0 Å². The van der Waals surface area contributed by atoms with Gasteiger partial charge in [-0.25, -0.2) is 0 Å². The molecule has 2 heterocycles. The van der Waals surface area contributed by atoms with Crippen molar-refractivity contribution in [3.63, 3.8) is 0 Å². The van der Waals surface area contributed by atoms with Gasteiger partial charge in [-0.2, -0.15) is 0 Å². The Morgan fingerprint density at radius 2 is 1.67 bits per heavy atom. The molecular formula is C18H37IN4O. The predicted molar refractivity (Wildman–Crippen MR) is 112 cm³/mol. The highest BCUT2D eigenvalue weighted by atomic mass is 127. The third kappa shape index (κ3) is 6.33. The van der Waals surface area contributed by atoms with Crippen LogP contribution in [0.25, 0.3) is 0 Å². The van der Waals surface area contributed by atoms with Crippen molar-refractivity contribution in [2.45, 2.75) is 52.5 Å². The Morgan fingerprint density at radius 3 is 2.21 bits per heavy atom. The van der Waals surface area contributed by atoms with Crippen molar-refractivity contribution >= 4 is 29.9 Å². The summed E-state index contributed by atoms with van der Waals surface area (Å²) in [5.74, 6) is 1.84. The van der Waals surface area contributed by atoms with Gasteiger partial charge in [-0.15, -0.1) is 24.0 Å². The molecule has 0 aromatic heterocycles. The highest BCUT2D eigenvalue weighted by molar-refractivity contribution is 14.0. The zero-order chi connectivity index (χ0) is 16.5. The van der Waals surface area contributed by atoms with Gasteiger partial charge >= 0.3 is 0 Å². The molecule has 2 aliphatic heterocycles. The first kappa shape index (κ1) is 22.0. The van der Waals surface area contributed by atoms with Gasteiger partial charge in [-0.1, -0.05) is 26.7 Å². The second-order valence-corrected chi connectivity index (χ2v) is 6.68. The molecule has 0 aromatic rings. The zero-order valence-corrected chi connectivity index (χ0v) is 18.1. The molecule has 2 rings (SSSR count). The molecule has 0 saturated carbocycles. The van der Waals surface area contributed by atoms with Crippen LogP contribution in [0.1, 0.15) is 46.5 Å². The second-order valence-electron chi connectivity index (χ2n) is 6.68. The number of ether oxygens (including phenoxy) is 1. The lowest BCUT2D eigenvalue weighted by Crippen LogP contribution is -2.49. The summed E-state index contributed by atoms with van der Waals surface area (Å²) in [7, 11) is 0. The summed E-state index contributed by atoms with van der Waals surface area (Å²) >= 11 is 0. The Morgan fingerprint density at radius 1 is 1.04 bits per heavy atom. The fraction of sp³-hybridized carbons (Fsp3) is 0.944. The van der Waals surface area contributed by atoms with E-state index in [9.17, 15) is 0 Å². The van der Waals surface area contributed by atoms with Crippen LogP contribution in [-0.4, -0.2) is 74.3 Å². The zero-order valence-electron chi connectivity index (χ0n) is 15.8. The van der Waals surface area contributed by atoms with Crippen LogP contribution in [0, 0.1) is 5.92 Å². The van der Waals surface area contributed by atoms with E-state index in [2.05, 4.69) is 35.9 Å². The smallest absolute Gasteiger partial charge is 0.193 e. The Hall–Kier alpha value is -0.0800. The number of morpholine rings is 1. The lowest BCUT2D eigenvalue weighted by Gasteiger charge is -2.38. The first-order valence-corrected chi connectivity index (χ1v) is 9.65. The molecule has 2 aliphatic rings. The van der Waals surface area contributed by atoms with Gasteiger partial charge in [0.05, 0.1) is 19.8 Å². The molecule has 5 nitrogen and oxygen atoms in total. The monoisotopic (exact) mass is 452 g/mol. The summed E-state index contributed by atoms with van der Waals surface area (Å²) in [6.07, 6.45) is 5.05. The van der Waals surface area contributed by atoms with Crippen molar-refractivity contribution in [2.75, 3.05) is 52.5 Å². The van der Waals surface area contributed by atoms with E-state index >= 15 is 0 Å². The lowest BCUT2D eigenvalue weighted by molar-refractivity contribution is 0.00391. The van der Waals surface area contributed by atoms with Gasteiger partial charge < -0.3 is 15.0 Å². The molecule has 6 heteroatoms. The molecule has 0 bridgehead atoms. The van der Waals surface area contributed by atoms with Gasteiger partial charge in [0.1, 0.15) is 0 Å². The minimum absolute atomic E-state index is 0. The van der Waals surface area contributed by atoms with Crippen molar-refractivity contribution < 1.29 is 4.74 Å². The number of hydrogen-bond donors (Lipinski definition) is 1. The van der Waals surface area contributed by atoms with Crippen LogP contribution < -0.4 is 5.32 Å². The van der Waals surface area contributed by atoms with Crippen LogP contribution in [-0.2, 0) is 4.74 Å². The summed E-state index contributed by atoms with van der Waals surface area (Å²) in [6, 6.07) is 0.546. The SMILES string of the molecule is CCNC(=NCC(C(CC)CC)N1CCOCC1)N1CCCC1.I. The first-order valence-electron chi connectivity index (χ1n) is 9.65. The highest BCUT2D eigenvalue weighted by Gasteiger charge is 2.27. The molecule has 0 spiro atoms. The molecule has 2 saturated heterocycles. The predicted octanol–water partition coefficient (Wildman–Crippen LogP) is 2.80. The molecule has 2 fully saturated rings. The maximum Gasteiger partial charge on any atom is 0.193 e. The van der Waals surface area contributed by atoms with E-state index in [1.807, 2.05) is 0 Å². The molecule has 0 amide bonds. The molecule has 0 radical (unpaired) electrons. The van der Waals surface area contributed by atoms with E-state index in [0.29, 0.717) is 6.04 Å². The van der Waals surface area contributed by atoms with Crippen molar-refractivity contribution in [1.29, 1.82) is 0 Å². The summed E-state index contributed by atoms with van der Waals surface area (Å²) in [4.78, 5) is 10.1. The quantitative estimate of drug-likeness (QED) is 0.367. The Kier molecular flexibility index (Phi) is 11.3. The van der Waals surface area contributed by atoms with Crippen molar-refractivity contribution in [3.8, 4) is 0 Å². The fourth-order valence-corrected chi connectivity index (χ4v) is 3.84. The minimum Gasteiger partial charge on any atom is -0.379 e. The fourth-order valence-electron chi connectivity index (χ4n) is 3.84. The molecule has 24 heavy (non-hydrogen) atoms. The standard InChI is InChI=1S/C18H36N4O.HI/c1-4-16(5-2)17(21-11-13-23-14-12-21)15-20-18(19-6-3)22-9-7-8-10-22;/h16-17H,4-15H2,1-3H3,(H,19,20);1H. The van der Waals surface area contributed by atoms with E-state index in [0.717, 1.165) is 64.4 Å². The van der Waals surface area contributed by atoms with Crippen molar-refractivity contribution in [2.24, 2.45) is 10.9 Å². The average molecular weight is 452 g/mol. The summed E-state index contributed by atoms with van der Waals surface area (Å²) in [6.45, 7) is 14.8. The summed E-state index contributed by atoms with van der Waals surface area (Å²) < 4.78 is 5.54. The largest absolute Gasteiger partial charge is 0.379 e. The molecule has 1 atom stereocenters. The highest BCUT2D eigenvalue weighted by Crippen LogP contribution is 2.20. The number of rotatable bonds is 7. The van der Waals surface area contributed by atoms with Crippen LogP contribution in [0.4, 0.5) is 0 Å². The topological polar surface area (TPSA) is 40.1 Å². The van der Waals surface area contributed by atoms with Crippen molar-refractivity contribution in [1.82, 2.24) is 15.1 Å². The van der Waals surface area contributed by atoms with Crippen LogP contribution in [0.3, 0.4) is 0 Å². The minimum atomic E-state index is 0. The molecule has 1 unspecified atom stereocenters. The van der Waals surface area contributed by atoms with Crippen LogP contribution in [0.15, 0.2) is 4.99 Å². The van der Waals surface area contributed by atoms with Gasteiger partial charge in [0.25, 0.3) is 0 Å². The van der Waals surface area contributed by atoms with Gasteiger partial charge in [0, 0.05) is 38.8 Å². The Bertz CT molecular complexity index is 351. The Balaban J connectivity index is 0.00000288. The van der Waals surface area contributed by atoms with Gasteiger partial charge in [-0.3, -0.25) is 9.89 Å². The summed E-state index contributed by atoms with van der Waals surface area (Å²) in [5, 5.41) is 3.49. The lowest BCUT2D eigenvalue weighted by atomic mass is 9.92. The number of hydrogen-bond acceptors (Lipinski definition) is 3. The third-order valence-electron chi connectivity index (χ3n) is 5.28.